The summed E-state index contributed by atoms with van der Waals surface area (Å²) in [5, 5.41) is 14.6. The van der Waals surface area contributed by atoms with Gasteiger partial charge < -0.3 is 20.5 Å². The molecule has 0 atom stereocenters. The number of halogens is 3. The topological polar surface area (TPSA) is 87.7 Å². The molecule has 0 heterocycles. The molecule has 5 saturated carbocycles. The van der Waals surface area contributed by atoms with Crippen LogP contribution in [0.2, 0.25) is 0 Å². The first-order valence-corrected chi connectivity index (χ1v) is 11.6. The third-order valence-corrected chi connectivity index (χ3v) is 7.66. The first-order chi connectivity index (χ1) is 15.5. The molecule has 5 aliphatic rings. The highest BCUT2D eigenvalue weighted by Gasteiger charge is 2.70. The summed E-state index contributed by atoms with van der Waals surface area (Å²) in [6.45, 7) is 0. The maximum atomic E-state index is 15.1. The number of carbonyl (C=O) groups is 2. The molecule has 9 heteroatoms. The van der Waals surface area contributed by atoms with Crippen molar-refractivity contribution in [1.82, 2.24) is 10.6 Å². The Hall–Kier alpha value is -2.45. The van der Waals surface area contributed by atoms with Crippen LogP contribution in [0.15, 0.2) is 24.3 Å². The maximum absolute atomic E-state index is 15.1. The molecule has 0 spiro atoms. The largest absolute Gasteiger partial charge is 0.490 e. The fraction of sp³-hybridized carbons (Fsp3) is 0.667. The number of alkyl halides is 3. The number of amides is 2. The van der Waals surface area contributed by atoms with Gasteiger partial charge in [0, 0.05) is 44.6 Å². The molecule has 0 aromatic heterocycles. The van der Waals surface area contributed by atoms with E-state index in [0.29, 0.717) is 31.4 Å². The van der Waals surface area contributed by atoms with Crippen LogP contribution in [-0.4, -0.2) is 51.8 Å². The van der Waals surface area contributed by atoms with Gasteiger partial charge in [-0.1, -0.05) is 0 Å². The Bertz CT molecular complexity index is 894. The van der Waals surface area contributed by atoms with Crippen LogP contribution in [0.5, 0.6) is 5.75 Å². The molecule has 6 nitrogen and oxygen atoms in total. The van der Waals surface area contributed by atoms with Crippen molar-refractivity contribution in [3.8, 4) is 5.75 Å². The second-order valence-electron chi connectivity index (χ2n) is 10.8. The van der Waals surface area contributed by atoms with Gasteiger partial charge in [-0.2, -0.15) is 0 Å². The van der Waals surface area contributed by atoms with Crippen LogP contribution in [0.25, 0.3) is 0 Å². The zero-order valence-corrected chi connectivity index (χ0v) is 18.3. The van der Waals surface area contributed by atoms with Crippen LogP contribution in [0.4, 0.5) is 18.0 Å². The lowest BCUT2D eigenvalue weighted by atomic mass is 9.49. The molecule has 0 radical (unpaired) electrons. The molecule has 0 aliphatic heterocycles. The Kier molecular flexibility index (Phi) is 5.10. The summed E-state index contributed by atoms with van der Waals surface area (Å²) in [4.78, 5) is 23.6. The highest BCUT2D eigenvalue weighted by atomic mass is 19.2. The van der Waals surface area contributed by atoms with Crippen molar-refractivity contribution < 1.29 is 32.6 Å². The van der Waals surface area contributed by atoms with Crippen LogP contribution < -0.4 is 15.4 Å². The summed E-state index contributed by atoms with van der Waals surface area (Å²) in [7, 11) is 0. The molecule has 5 fully saturated rings. The monoisotopic (exact) mass is 466 g/mol. The molecule has 4 bridgehead atoms. The Balaban J connectivity index is 1.13. The fourth-order valence-corrected chi connectivity index (χ4v) is 7.06. The Morgan fingerprint density at radius 3 is 1.85 bits per heavy atom. The third-order valence-electron chi connectivity index (χ3n) is 7.66. The Labute approximate surface area is 190 Å². The van der Waals surface area contributed by atoms with E-state index in [1.54, 1.807) is 12.1 Å². The van der Waals surface area contributed by atoms with Crippen LogP contribution in [0.3, 0.4) is 0 Å². The lowest BCUT2D eigenvalue weighted by Gasteiger charge is -2.63. The minimum atomic E-state index is -1.90. The molecule has 5 aliphatic carbocycles. The van der Waals surface area contributed by atoms with Crippen molar-refractivity contribution in [2.24, 2.45) is 0 Å². The number of hydrogen-bond donors (Lipinski definition) is 3. The van der Waals surface area contributed by atoms with E-state index >= 15 is 13.2 Å². The molecule has 180 valence electrons. The predicted molar refractivity (Wildman–Crippen MR) is 114 cm³/mol. The van der Waals surface area contributed by atoms with Crippen LogP contribution >= 0.6 is 0 Å². The standard InChI is InChI=1S/C24H29F3N2O4/c25-21-9-22(26)11-23(27,10-21)14-24(12-21,13-22)29-20(32)28-16-3-7-18(8-4-16)33-17-5-1-15(2-6-17)19(30)31/h1-2,5-6,16,18H,3-4,7-14H2,(H,30,31)(H2,28,29,32). The highest BCUT2D eigenvalue weighted by Crippen LogP contribution is 2.64. The Morgan fingerprint density at radius 2 is 1.36 bits per heavy atom. The first kappa shape index (κ1) is 22.3. The SMILES string of the molecule is O=C(NC1CCC(Oc2ccc(C(=O)O)cc2)CC1)NC12CC3(F)CC(F)(CC(F)(C3)C1)C2. The van der Waals surface area contributed by atoms with Gasteiger partial charge in [0.2, 0.25) is 0 Å². The van der Waals surface area contributed by atoms with Gasteiger partial charge >= 0.3 is 12.0 Å². The summed E-state index contributed by atoms with van der Waals surface area (Å²) in [6.07, 6.45) is 1.76. The smallest absolute Gasteiger partial charge is 0.335 e. The molecule has 0 saturated heterocycles. The molecule has 6 rings (SSSR count). The zero-order chi connectivity index (χ0) is 23.5. The molecule has 33 heavy (non-hydrogen) atoms. The van der Waals surface area contributed by atoms with E-state index in [-0.39, 0.29) is 56.2 Å². The maximum Gasteiger partial charge on any atom is 0.335 e. The lowest BCUT2D eigenvalue weighted by Crippen LogP contribution is -2.73. The molecular weight excluding hydrogens is 437 g/mol. The van der Waals surface area contributed by atoms with Crippen LogP contribution in [0.1, 0.15) is 74.6 Å². The summed E-state index contributed by atoms with van der Waals surface area (Å²) in [5.74, 6) is -0.401. The molecule has 3 N–H and O–H groups in total. The average molecular weight is 467 g/mol. The number of nitrogens with one attached hydrogen (secondary N) is 2. The van der Waals surface area contributed by atoms with E-state index < -0.39 is 34.5 Å². The second-order valence-corrected chi connectivity index (χ2v) is 10.8. The van der Waals surface area contributed by atoms with E-state index in [4.69, 9.17) is 9.84 Å². The first-order valence-electron chi connectivity index (χ1n) is 11.6. The van der Waals surface area contributed by atoms with Crippen LogP contribution in [0, 0.1) is 0 Å². The van der Waals surface area contributed by atoms with E-state index in [9.17, 15) is 9.59 Å². The van der Waals surface area contributed by atoms with Crippen molar-refractivity contribution in [2.45, 2.75) is 98.9 Å². The number of aromatic carboxylic acids is 1. The number of rotatable bonds is 5. The van der Waals surface area contributed by atoms with Gasteiger partial charge in [0.05, 0.1) is 17.2 Å². The van der Waals surface area contributed by atoms with Crippen molar-refractivity contribution in [3.63, 3.8) is 0 Å². The second kappa shape index (κ2) is 7.53. The number of urea groups is 1. The zero-order valence-electron chi connectivity index (χ0n) is 18.3. The van der Waals surface area contributed by atoms with Gasteiger partial charge in [0.25, 0.3) is 0 Å². The molecule has 2 amide bonds. The van der Waals surface area contributed by atoms with E-state index in [0.717, 1.165) is 0 Å². The average Bonchev–Trinajstić information content (AvgIpc) is 2.65. The van der Waals surface area contributed by atoms with Gasteiger partial charge in [0.1, 0.15) is 22.8 Å². The summed E-state index contributed by atoms with van der Waals surface area (Å²) in [6, 6.07) is 5.63. The number of carbonyl (C=O) groups excluding carboxylic acids is 1. The number of hydrogen-bond acceptors (Lipinski definition) is 3. The van der Waals surface area contributed by atoms with Gasteiger partial charge in [-0.15, -0.1) is 0 Å². The highest BCUT2D eigenvalue weighted by molar-refractivity contribution is 5.87. The summed E-state index contributed by atoms with van der Waals surface area (Å²) < 4.78 is 51.3. The number of carboxylic acids is 1. The molecule has 1 aromatic carbocycles. The minimum Gasteiger partial charge on any atom is -0.490 e. The van der Waals surface area contributed by atoms with E-state index in [2.05, 4.69) is 10.6 Å². The van der Waals surface area contributed by atoms with Gasteiger partial charge in [-0.05, 0) is 49.9 Å². The van der Waals surface area contributed by atoms with Crippen molar-refractivity contribution >= 4 is 12.0 Å². The van der Waals surface area contributed by atoms with E-state index in [1.165, 1.54) is 12.1 Å². The number of ether oxygens (including phenoxy) is 1. The summed E-state index contributed by atoms with van der Waals surface area (Å²) >= 11 is 0. The van der Waals surface area contributed by atoms with Crippen LogP contribution in [-0.2, 0) is 0 Å². The lowest BCUT2D eigenvalue weighted by molar-refractivity contribution is -0.193. The molecule has 0 unspecified atom stereocenters. The minimum absolute atomic E-state index is 0.0357. The molecule has 1 aromatic rings. The number of benzene rings is 1. The molecular formula is C24H29F3N2O4. The van der Waals surface area contributed by atoms with Gasteiger partial charge in [-0.3, -0.25) is 0 Å². The van der Waals surface area contributed by atoms with Crippen molar-refractivity contribution in [2.75, 3.05) is 0 Å². The van der Waals surface area contributed by atoms with E-state index in [1.807, 2.05) is 0 Å². The normalized spacial score (nSPS) is 41.4. The fourth-order valence-electron chi connectivity index (χ4n) is 7.06. The quantitative estimate of drug-likeness (QED) is 0.591. The van der Waals surface area contributed by atoms with Crippen molar-refractivity contribution in [3.05, 3.63) is 29.8 Å². The van der Waals surface area contributed by atoms with Crippen molar-refractivity contribution in [1.29, 1.82) is 0 Å². The van der Waals surface area contributed by atoms with Gasteiger partial charge in [0.15, 0.2) is 0 Å². The number of carboxylic acid groups (broad SMARTS) is 1. The Morgan fingerprint density at radius 1 is 0.848 bits per heavy atom. The third kappa shape index (κ3) is 4.51. The predicted octanol–water partition coefficient (Wildman–Crippen LogP) is 4.62. The summed E-state index contributed by atoms with van der Waals surface area (Å²) in [5.41, 5.74) is -6.69. The van der Waals surface area contributed by atoms with Gasteiger partial charge in [-0.25, -0.2) is 22.8 Å².